The van der Waals surface area contributed by atoms with Crippen molar-refractivity contribution in [2.24, 2.45) is 0 Å². The largest absolute Gasteiger partial charge is 0.387 e. The lowest BCUT2D eigenvalue weighted by Crippen LogP contribution is -2.08. The van der Waals surface area contributed by atoms with Gasteiger partial charge in [-0.05, 0) is 65.7 Å². The van der Waals surface area contributed by atoms with Gasteiger partial charge in [0.05, 0.1) is 0 Å². The molecule has 0 aromatic heterocycles. The summed E-state index contributed by atoms with van der Waals surface area (Å²) in [5.74, 6) is 0. The molecule has 0 saturated heterocycles. The smallest absolute Gasteiger partial charge is 0.0328 e. The maximum atomic E-state index is 3.37. The average molecular weight is 460 g/mol. The Kier molecular flexibility index (Phi) is 4.92. The van der Waals surface area contributed by atoms with Gasteiger partial charge in [0.15, 0.2) is 0 Å². The Bertz CT molecular complexity index is 1770. The molecule has 1 aliphatic rings. The number of allylic oxidation sites excluding steroid dienone is 2. The monoisotopic (exact) mass is 459 g/mol. The zero-order chi connectivity index (χ0) is 23.9. The minimum Gasteiger partial charge on any atom is -0.387 e. The van der Waals surface area contributed by atoms with E-state index in [9.17, 15) is 0 Å². The number of fused-ring (bicyclic) bond motifs is 3. The Morgan fingerprint density at radius 2 is 0.944 bits per heavy atom. The third kappa shape index (κ3) is 3.25. The predicted molar refractivity (Wildman–Crippen MR) is 155 cm³/mol. The lowest BCUT2D eigenvalue weighted by atomic mass is 9.84. The molecule has 170 valence electrons. The van der Waals surface area contributed by atoms with Crippen LogP contribution < -0.4 is 5.32 Å². The van der Waals surface area contributed by atoms with Crippen LogP contribution in [-0.4, -0.2) is 6.54 Å². The summed E-state index contributed by atoms with van der Waals surface area (Å²) in [6.07, 6.45) is 6.53. The number of hydrogen-bond acceptors (Lipinski definition) is 1. The molecule has 1 heteroatoms. The highest BCUT2D eigenvalue weighted by atomic mass is 14.8. The van der Waals surface area contributed by atoms with E-state index >= 15 is 0 Å². The summed E-state index contributed by atoms with van der Waals surface area (Å²) in [5, 5.41) is 11.1. The zero-order valence-electron chi connectivity index (χ0n) is 19.9. The van der Waals surface area contributed by atoms with Crippen molar-refractivity contribution < 1.29 is 0 Å². The van der Waals surface area contributed by atoms with E-state index in [0.717, 1.165) is 6.54 Å². The summed E-state index contributed by atoms with van der Waals surface area (Å²) in [5.41, 5.74) is 7.60. The molecular formula is C35H25N. The lowest BCUT2D eigenvalue weighted by Gasteiger charge is -2.20. The van der Waals surface area contributed by atoms with Crippen LogP contribution in [0.3, 0.4) is 0 Å². The molecule has 0 fully saturated rings. The van der Waals surface area contributed by atoms with E-state index in [1.165, 1.54) is 65.7 Å². The molecule has 0 unspecified atom stereocenters. The second kappa shape index (κ2) is 8.55. The molecule has 6 aromatic carbocycles. The van der Waals surface area contributed by atoms with E-state index in [4.69, 9.17) is 0 Å². The molecule has 0 spiro atoms. The normalized spacial score (nSPS) is 13.2. The van der Waals surface area contributed by atoms with Crippen LogP contribution in [0.25, 0.3) is 60.1 Å². The Balaban J connectivity index is 1.61. The Morgan fingerprint density at radius 3 is 1.53 bits per heavy atom. The average Bonchev–Trinajstić information content (AvgIpc) is 2.96. The van der Waals surface area contributed by atoms with Gasteiger partial charge in [0.25, 0.3) is 0 Å². The summed E-state index contributed by atoms with van der Waals surface area (Å²) in [7, 11) is 0. The number of rotatable bonds is 3. The van der Waals surface area contributed by atoms with Crippen molar-refractivity contribution in [3.8, 4) is 22.3 Å². The molecule has 0 atom stereocenters. The van der Waals surface area contributed by atoms with Crippen LogP contribution in [0.15, 0.2) is 134 Å². The van der Waals surface area contributed by atoms with Crippen LogP contribution in [0.4, 0.5) is 0 Å². The van der Waals surface area contributed by atoms with Gasteiger partial charge in [0.2, 0.25) is 0 Å². The van der Waals surface area contributed by atoms with E-state index in [2.05, 4.69) is 139 Å². The first-order chi connectivity index (χ1) is 17.9. The highest BCUT2D eigenvalue weighted by molar-refractivity contribution is 6.23. The minimum absolute atomic E-state index is 0.880. The number of dihydropyridines is 1. The van der Waals surface area contributed by atoms with Crippen molar-refractivity contribution in [3.63, 3.8) is 0 Å². The molecule has 1 N–H and O–H groups in total. The lowest BCUT2D eigenvalue weighted by molar-refractivity contribution is 0.977. The Morgan fingerprint density at radius 1 is 0.444 bits per heavy atom. The van der Waals surface area contributed by atoms with Crippen molar-refractivity contribution in [2.75, 3.05) is 6.54 Å². The summed E-state index contributed by atoms with van der Waals surface area (Å²) in [4.78, 5) is 0. The first kappa shape index (κ1) is 20.7. The van der Waals surface area contributed by atoms with Crippen molar-refractivity contribution in [3.05, 3.63) is 139 Å². The molecule has 0 saturated carbocycles. The van der Waals surface area contributed by atoms with Crippen LogP contribution in [0.1, 0.15) is 5.56 Å². The fourth-order valence-corrected chi connectivity index (χ4v) is 5.74. The van der Waals surface area contributed by atoms with Gasteiger partial charge in [-0.25, -0.2) is 0 Å². The van der Waals surface area contributed by atoms with Gasteiger partial charge in [0.1, 0.15) is 0 Å². The van der Waals surface area contributed by atoms with Crippen molar-refractivity contribution in [2.45, 2.75) is 0 Å². The highest BCUT2D eigenvalue weighted by Crippen LogP contribution is 2.45. The standard InChI is InChI=1S/C35H25N/c1-2-11-24(12-3-1)34-29-16-6-8-18-31(29)35(32-19-9-7-17-30(32)34)33-21-20-26(25-13-10-22-36-23-25)27-14-4-5-15-28(27)33/h1-21,23,36H,22H2. The molecule has 6 aromatic rings. The zero-order valence-corrected chi connectivity index (χ0v) is 19.9. The van der Waals surface area contributed by atoms with E-state index in [1.54, 1.807) is 0 Å². The third-order valence-corrected chi connectivity index (χ3v) is 7.29. The molecular weight excluding hydrogens is 434 g/mol. The van der Waals surface area contributed by atoms with Gasteiger partial charge in [-0.1, -0.05) is 127 Å². The molecule has 7 rings (SSSR count). The highest BCUT2D eigenvalue weighted by Gasteiger charge is 2.18. The number of nitrogens with one attached hydrogen (secondary N) is 1. The fraction of sp³-hybridized carbons (Fsp3) is 0.0286. The van der Waals surface area contributed by atoms with Crippen molar-refractivity contribution >= 4 is 37.9 Å². The molecule has 0 radical (unpaired) electrons. The third-order valence-electron chi connectivity index (χ3n) is 7.29. The Hall–Kier alpha value is -4.62. The van der Waals surface area contributed by atoms with Crippen LogP contribution >= 0.6 is 0 Å². The fourth-order valence-electron chi connectivity index (χ4n) is 5.74. The molecule has 1 aliphatic heterocycles. The SMILES string of the molecule is C1=CC(c2ccc(-c3c4ccccc4c(-c4ccccc4)c4ccccc34)c3ccccc23)=CNC1. The van der Waals surface area contributed by atoms with Gasteiger partial charge in [-0.15, -0.1) is 0 Å². The molecule has 1 nitrogen and oxygen atoms in total. The topological polar surface area (TPSA) is 12.0 Å². The maximum Gasteiger partial charge on any atom is 0.0328 e. The summed E-state index contributed by atoms with van der Waals surface area (Å²) in [6.45, 7) is 0.880. The number of benzene rings is 6. The van der Waals surface area contributed by atoms with Crippen molar-refractivity contribution in [1.29, 1.82) is 0 Å². The van der Waals surface area contributed by atoms with E-state index < -0.39 is 0 Å². The first-order valence-corrected chi connectivity index (χ1v) is 12.5. The quantitative estimate of drug-likeness (QED) is 0.260. The van der Waals surface area contributed by atoms with Gasteiger partial charge < -0.3 is 5.32 Å². The summed E-state index contributed by atoms with van der Waals surface area (Å²) in [6, 6.07) is 41.9. The first-order valence-electron chi connectivity index (χ1n) is 12.5. The predicted octanol–water partition coefficient (Wildman–Crippen LogP) is 8.98. The van der Waals surface area contributed by atoms with Crippen molar-refractivity contribution in [1.82, 2.24) is 5.32 Å². The van der Waals surface area contributed by atoms with E-state index in [1.807, 2.05) is 0 Å². The van der Waals surface area contributed by atoms with Crippen LogP contribution in [-0.2, 0) is 0 Å². The molecule has 0 aliphatic carbocycles. The van der Waals surface area contributed by atoms with E-state index in [0.29, 0.717) is 0 Å². The summed E-state index contributed by atoms with van der Waals surface area (Å²) < 4.78 is 0. The molecule has 0 amide bonds. The van der Waals surface area contributed by atoms with E-state index in [-0.39, 0.29) is 0 Å². The van der Waals surface area contributed by atoms with Gasteiger partial charge in [0, 0.05) is 12.7 Å². The maximum absolute atomic E-state index is 3.37. The van der Waals surface area contributed by atoms with Gasteiger partial charge in [-0.3, -0.25) is 0 Å². The minimum atomic E-state index is 0.880. The second-order valence-corrected chi connectivity index (χ2v) is 9.32. The number of hydrogen-bond donors (Lipinski definition) is 1. The molecule has 1 heterocycles. The van der Waals surface area contributed by atoms with Gasteiger partial charge >= 0.3 is 0 Å². The van der Waals surface area contributed by atoms with Crippen LogP contribution in [0.2, 0.25) is 0 Å². The van der Waals surface area contributed by atoms with Crippen LogP contribution in [0.5, 0.6) is 0 Å². The Labute approximate surface area is 211 Å². The second-order valence-electron chi connectivity index (χ2n) is 9.32. The summed E-state index contributed by atoms with van der Waals surface area (Å²) >= 11 is 0. The van der Waals surface area contributed by atoms with Gasteiger partial charge in [-0.2, -0.15) is 0 Å². The van der Waals surface area contributed by atoms with Crippen LogP contribution in [0, 0.1) is 0 Å². The molecule has 0 bridgehead atoms. The molecule has 36 heavy (non-hydrogen) atoms.